The molecule has 0 spiro atoms. The molecule has 1 aromatic heterocycles. The van der Waals surface area contributed by atoms with Gasteiger partial charge in [0.25, 0.3) is 0 Å². The molecule has 0 aliphatic rings. The molecule has 0 unspecified atom stereocenters. The first-order chi connectivity index (χ1) is 7.71. The molecule has 0 N–H and O–H groups in total. The van der Waals surface area contributed by atoms with Crippen LogP contribution in [-0.4, -0.2) is 28.0 Å². The van der Waals surface area contributed by atoms with Crippen molar-refractivity contribution in [2.24, 2.45) is 0 Å². The van der Waals surface area contributed by atoms with Gasteiger partial charge in [0.05, 0.1) is 16.0 Å². The van der Waals surface area contributed by atoms with Crippen molar-refractivity contribution in [2.45, 2.75) is 31.2 Å². The molecule has 0 atom stereocenters. The van der Waals surface area contributed by atoms with E-state index in [0.717, 1.165) is 0 Å². The standard InChI is InChI=1S/C10H13N3O3S/c1-10(2,3)13-7-5-4-6-8(17(14,15)16)9(7)11-12-13/h4-6H,1-3H3,(H,14,15,16)/p-1. The van der Waals surface area contributed by atoms with Crippen LogP contribution in [0.5, 0.6) is 0 Å². The molecule has 92 valence electrons. The Labute approximate surface area is 99.0 Å². The third-order valence-electron chi connectivity index (χ3n) is 2.34. The Hall–Kier alpha value is -1.47. The summed E-state index contributed by atoms with van der Waals surface area (Å²) in [7, 11) is -4.53. The summed E-state index contributed by atoms with van der Waals surface area (Å²) in [6.07, 6.45) is 0. The number of benzene rings is 1. The van der Waals surface area contributed by atoms with Crippen LogP contribution in [0.2, 0.25) is 0 Å². The molecule has 0 saturated carbocycles. The Morgan fingerprint density at radius 1 is 1.29 bits per heavy atom. The number of nitrogens with zero attached hydrogens (tertiary/aromatic N) is 3. The van der Waals surface area contributed by atoms with Crippen molar-refractivity contribution in [2.75, 3.05) is 0 Å². The molecule has 2 rings (SSSR count). The first kappa shape index (κ1) is 12.0. The van der Waals surface area contributed by atoms with E-state index in [1.165, 1.54) is 12.1 Å². The second kappa shape index (κ2) is 3.51. The fourth-order valence-corrected chi connectivity index (χ4v) is 2.24. The quantitative estimate of drug-likeness (QED) is 0.711. The van der Waals surface area contributed by atoms with E-state index < -0.39 is 10.1 Å². The van der Waals surface area contributed by atoms with E-state index in [2.05, 4.69) is 10.3 Å². The molecule has 0 radical (unpaired) electrons. The van der Waals surface area contributed by atoms with E-state index in [4.69, 9.17) is 0 Å². The molecule has 1 aromatic carbocycles. The molecule has 0 fully saturated rings. The SMILES string of the molecule is CC(C)(C)n1nnc2c(S(=O)(=O)[O-])cccc21. The molecule has 0 bridgehead atoms. The van der Waals surface area contributed by atoms with Gasteiger partial charge in [0.2, 0.25) is 0 Å². The average molecular weight is 254 g/mol. The lowest BCUT2D eigenvalue weighted by atomic mass is 10.1. The third kappa shape index (κ3) is 2.03. The van der Waals surface area contributed by atoms with Gasteiger partial charge in [0.1, 0.15) is 15.6 Å². The van der Waals surface area contributed by atoms with Gasteiger partial charge in [-0.15, -0.1) is 5.10 Å². The summed E-state index contributed by atoms with van der Waals surface area (Å²) in [5, 5.41) is 7.69. The molecular weight excluding hydrogens is 242 g/mol. The van der Waals surface area contributed by atoms with Crippen LogP contribution in [0.15, 0.2) is 23.1 Å². The highest BCUT2D eigenvalue weighted by Gasteiger charge is 2.20. The minimum absolute atomic E-state index is 0.123. The van der Waals surface area contributed by atoms with E-state index in [9.17, 15) is 13.0 Å². The lowest BCUT2D eigenvalue weighted by Crippen LogP contribution is -2.23. The minimum atomic E-state index is -4.53. The summed E-state index contributed by atoms with van der Waals surface area (Å²) < 4.78 is 34.8. The van der Waals surface area contributed by atoms with Gasteiger partial charge in [0.15, 0.2) is 0 Å². The Kier molecular flexibility index (Phi) is 2.48. The van der Waals surface area contributed by atoms with Crippen LogP contribution in [0.1, 0.15) is 20.8 Å². The van der Waals surface area contributed by atoms with Crippen molar-refractivity contribution in [3.63, 3.8) is 0 Å². The summed E-state index contributed by atoms with van der Waals surface area (Å²) >= 11 is 0. The molecule has 17 heavy (non-hydrogen) atoms. The molecule has 1 heterocycles. The molecule has 0 amide bonds. The van der Waals surface area contributed by atoms with Crippen LogP contribution in [0.3, 0.4) is 0 Å². The highest BCUT2D eigenvalue weighted by atomic mass is 32.2. The van der Waals surface area contributed by atoms with Crippen molar-refractivity contribution in [3.8, 4) is 0 Å². The van der Waals surface area contributed by atoms with E-state index in [-0.39, 0.29) is 16.0 Å². The summed E-state index contributed by atoms with van der Waals surface area (Å²) in [6.45, 7) is 5.75. The van der Waals surface area contributed by atoms with Crippen LogP contribution in [-0.2, 0) is 15.7 Å². The number of aromatic nitrogens is 3. The second-order valence-corrected chi connectivity index (χ2v) is 6.10. The maximum atomic E-state index is 11.1. The fraction of sp³-hybridized carbons (Fsp3) is 0.400. The third-order valence-corrected chi connectivity index (χ3v) is 3.21. The van der Waals surface area contributed by atoms with E-state index in [1.54, 1.807) is 10.7 Å². The summed E-state index contributed by atoms with van der Waals surface area (Å²) in [6, 6.07) is 4.44. The van der Waals surface area contributed by atoms with Gasteiger partial charge in [-0.3, -0.25) is 0 Å². The fourth-order valence-electron chi connectivity index (χ4n) is 1.62. The molecule has 2 aromatic rings. The zero-order valence-corrected chi connectivity index (χ0v) is 10.5. The predicted octanol–water partition coefficient (Wildman–Crippen LogP) is 1.09. The molecule has 0 aliphatic carbocycles. The Morgan fingerprint density at radius 2 is 1.94 bits per heavy atom. The number of fused-ring (bicyclic) bond motifs is 1. The van der Waals surface area contributed by atoms with Gasteiger partial charge in [-0.1, -0.05) is 11.3 Å². The summed E-state index contributed by atoms with van der Waals surface area (Å²) in [5.41, 5.74) is 0.326. The van der Waals surface area contributed by atoms with Gasteiger partial charge in [0, 0.05) is 0 Å². The molecule has 0 saturated heterocycles. The summed E-state index contributed by atoms with van der Waals surface area (Å²) in [5.74, 6) is 0. The Balaban J connectivity index is 2.83. The maximum Gasteiger partial charge on any atom is 0.130 e. The van der Waals surface area contributed by atoms with Gasteiger partial charge in [-0.25, -0.2) is 13.1 Å². The van der Waals surface area contributed by atoms with Crippen molar-refractivity contribution >= 4 is 21.2 Å². The lowest BCUT2D eigenvalue weighted by Gasteiger charge is -2.19. The minimum Gasteiger partial charge on any atom is -0.744 e. The topological polar surface area (TPSA) is 87.9 Å². The van der Waals surface area contributed by atoms with Crippen LogP contribution >= 0.6 is 0 Å². The van der Waals surface area contributed by atoms with Gasteiger partial charge in [-0.05, 0) is 32.9 Å². The van der Waals surface area contributed by atoms with Crippen LogP contribution in [0, 0.1) is 0 Å². The monoisotopic (exact) mass is 254 g/mol. The van der Waals surface area contributed by atoms with Crippen molar-refractivity contribution in [1.82, 2.24) is 15.0 Å². The van der Waals surface area contributed by atoms with Crippen molar-refractivity contribution in [3.05, 3.63) is 18.2 Å². The Morgan fingerprint density at radius 3 is 2.47 bits per heavy atom. The van der Waals surface area contributed by atoms with Gasteiger partial charge >= 0.3 is 0 Å². The first-order valence-electron chi connectivity index (χ1n) is 5.02. The lowest BCUT2D eigenvalue weighted by molar-refractivity contribution is 0.358. The van der Waals surface area contributed by atoms with E-state index in [0.29, 0.717) is 5.52 Å². The smallest absolute Gasteiger partial charge is 0.130 e. The number of hydrogen-bond donors (Lipinski definition) is 0. The van der Waals surface area contributed by atoms with Crippen LogP contribution < -0.4 is 0 Å². The predicted molar refractivity (Wildman–Crippen MR) is 60.5 cm³/mol. The highest BCUT2D eigenvalue weighted by Crippen LogP contribution is 2.24. The molecule has 6 nitrogen and oxygen atoms in total. The first-order valence-corrected chi connectivity index (χ1v) is 6.43. The second-order valence-electron chi connectivity index (χ2n) is 4.75. The van der Waals surface area contributed by atoms with Crippen LogP contribution in [0.4, 0.5) is 0 Å². The number of rotatable bonds is 1. The number of hydrogen-bond acceptors (Lipinski definition) is 5. The molecule has 7 heteroatoms. The maximum absolute atomic E-state index is 11.1. The van der Waals surface area contributed by atoms with Crippen molar-refractivity contribution < 1.29 is 13.0 Å². The van der Waals surface area contributed by atoms with Crippen LogP contribution in [0.25, 0.3) is 11.0 Å². The molecule has 0 aliphatic heterocycles. The zero-order valence-electron chi connectivity index (χ0n) is 9.71. The Bertz CT molecular complexity index is 668. The van der Waals surface area contributed by atoms with E-state index in [1.807, 2.05) is 20.8 Å². The molecular formula is C10H12N3O3S-. The normalized spacial score (nSPS) is 13.2. The largest absolute Gasteiger partial charge is 0.744 e. The van der Waals surface area contributed by atoms with Gasteiger partial charge in [-0.2, -0.15) is 0 Å². The van der Waals surface area contributed by atoms with E-state index >= 15 is 0 Å². The van der Waals surface area contributed by atoms with Gasteiger partial charge < -0.3 is 4.55 Å². The highest BCUT2D eigenvalue weighted by molar-refractivity contribution is 7.86. The zero-order chi connectivity index (χ0) is 12.8. The average Bonchev–Trinajstić information content (AvgIpc) is 2.57. The van der Waals surface area contributed by atoms with Crippen molar-refractivity contribution in [1.29, 1.82) is 0 Å². The summed E-state index contributed by atoms with van der Waals surface area (Å²) in [4.78, 5) is -0.328.